The first-order valence-corrected chi connectivity index (χ1v) is 16.3. The van der Waals surface area contributed by atoms with Crippen molar-refractivity contribution in [2.24, 2.45) is 5.92 Å². The number of hydrogen-bond acceptors (Lipinski definition) is 4. The topological polar surface area (TPSA) is 53.0 Å². The van der Waals surface area contributed by atoms with E-state index in [9.17, 15) is 18.7 Å². The second-order valence-electron chi connectivity index (χ2n) is 13.1. The first kappa shape index (κ1) is 33.3. The third kappa shape index (κ3) is 7.28. The molecule has 0 spiro atoms. The van der Waals surface area contributed by atoms with Crippen molar-refractivity contribution in [1.29, 1.82) is 0 Å². The van der Waals surface area contributed by atoms with E-state index in [1.165, 1.54) is 73.6 Å². The van der Waals surface area contributed by atoms with Gasteiger partial charge in [0, 0.05) is 30.9 Å². The summed E-state index contributed by atoms with van der Waals surface area (Å²) in [6.07, 6.45) is -0.00125. The summed E-state index contributed by atoms with van der Waals surface area (Å²) in [7, 11) is 0. The Morgan fingerprint density at radius 2 is 1.45 bits per heavy atom. The van der Waals surface area contributed by atoms with Crippen LogP contribution in [0.4, 0.5) is 14.5 Å². The highest BCUT2D eigenvalue weighted by molar-refractivity contribution is 6.03. The van der Waals surface area contributed by atoms with Gasteiger partial charge in [-0.25, -0.2) is 8.78 Å². The monoisotopic (exact) mass is 703 g/mol. The van der Waals surface area contributed by atoms with Crippen molar-refractivity contribution in [2.75, 3.05) is 44.2 Å². The second kappa shape index (κ2) is 14.2. The summed E-state index contributed by atoms with van der Waals surface area (Å²) in [5.41, 5.74) is 4.68. The van der Waals surface area contributed by atoms with Crippen LogP contribution < -0.4 is 26.6 Å². The summed E-state index contributed by atoms with van der Waals surface area (Å²) in [6.45, 7) is 8.84. The third-order valence-electron chi connectivity index (χ3n) is 10.1. The number of fused-ring (bicyclic) bond motifs is 3. The average Bonchev–Trinajstić information content (AvgIpc) is 3.08. The smallest absolute Gasteiger partial charge is 0.233 e. The van der Waals surface area contributed by atoms with Gasteiger partial charge in [-0.1, -0.05) is 42.5 Å². The number of amides is 1. The van der Waals surface area contributed by atoms with Crippen molar-refractivity contribution in [1.82, 2.24) is 4.90 Å². The van der Waals surface area contributed by atoms with Gasteiger partial charge in [-0.2, -0.15) is 0 Å². The number of hydrogen-bond donors (Lipinski definition) is 1. The number of benzene rings is 4. The Hall–Kier alpha value is -3.63. The Labute approximate surface area is 285 Å². The molecule has 1 N–H and O–H groups in total. The van der Waals surface area contributed by atoms with Crippen molar-refractivity contribution < 1.29 is 44.9 Å². The molecule has 47 heavy (non-hydrogen) atoms. The van der Waals surface area contributed by atoms with Crippen LogP contribution in [0.2, 0.25) is 0 Å². The summed E-state index contributed by atoms with van der Waals surface area (Å²) in [4.78, 5) is 17.7. The van der Waals surface area contributed by atoms with Crippen LogP contribution in [0.3, 0.4) is 0 Å². The number of carbonyl (C=O) groups excluding carboxylic acids is 1. The van der Waals surface area contributed by atoms with Crippen LogP contribution in [0.5, 0.6) is 5.75 Å². The molecule has 0 aromatic heterocycles. The largest absolute Gasteiger partial charge is 1.00 e. The summed E-state index contributed by atoms with van der Waals surface area (Å²) < 4.78 is 34.4. The SMILES string of the molecule is O=C1C(CCC(O)c2ccc(F)cc2)C(c2ccc(OCc3cccc(C[N+]45CCN(CC4)CC5)c3)cc2)N1c1ccc(F)cc1.[Br-]. The summed E-state index contributed by atoms with van der Waals surface area (Å²) >= 11 is 0. The number of aliphatic hydroxyl groups excluding tert-OH is 1. The highest BCUT2D eigenvalue weighted by Gasteiger charge is 2.48. The van der Waals surface area contributed by atoms with Crippen LogP contribution in [-0.4, -0.2) is 59.7 Å². The molecule has 4 fully saturated rings. The van der Waals surface area contributed by atoms with Crippen molar-refractivity contribution in [3.8, 4) is 5.75 Å². The Balaban J connectivity index is 0.00000386. The number of quaternary nitrogens is 1. The number of aliphatic hydroxyl groups is 1. The summed E-state index contributed by atoms with van der Waals surface area (Å²) in [6, 6.07) is 28.0. The molecule has 4 aliphatic heterocycles. The minimum Gasteiger partial charge on any atom is -1.00 e. The van der Waals surface area contributed by atoms with Gasteiger partial charge < -0.3 is 36.2 Å². The van der Waals surface area contributed by atoms with Gasteiger partial charge in [0.25, 0.3) is 0 Å². The molecule has 4 aromatic carbocycles. The van der Waals surface area contributed by atoms with E-state index in [2.05, 4.69) is 29.2 Å². The lowest BCUT2D eigenvalue weighted by Gasteiger charge is -2.50. The average molecular weight is 705 g/mol. The van der Waals surface area contributed by atoms with E-state index in [1.807, 2.05) is 24.3 Å². The summed E-state index contributed by atoms with van der Waals surface area (Å²) in [5.74, 6) is -0.410. The Bertz CT molecular complexity index is 1650. The maximum Gasteiger partial charge on any atom is 0.233 e. The first-order valence-electron chi connectivity index (χ1n) is 16.3. The highest BCUT2D eigenvalue weighted by atomic mass is 79.9. The van der Waals surface area contributed by atoms with Crippen LogP contribution in [0.1, 0.15) is 47.2 Å². The minimum atomic E-state index is -0.808. The molecule has 4 saturated heterocycles. The van der Waals surface area contributed by atoms with Gasteiger partial charge in [0.05, 0.1) is 37.7 Å². The number of carbonyl (C=O) groups is 1. The molecule has 4 aliphatic rings. The normalized spacial score (nSPS) is 23.9. The van der Waals surface area contributed by atoms with E-state index in [0.717, 1.165) is 23.4 Å². The lowest BCUT2D eigenvalue weighted by atomic mass is 9.78. The fourth-order valence-corrected chi connectivity index (χ4v) is 7.39. The number of nitrogens with zero attached hydrogens (tertiary/aromatic N) is 3. The van der Waals surface area contributed by atoms with Gasteiger partial charge in [-0.05, 0) is 84.1 Å². The zero-order chi connectivity index (χ0) is 31.7. The van der Waals surface area contributed by atoms with Crippen molar-refractivity contribution in [3.05, 3.63) is 131 Å². The zero-order valence-electron chi connectivity index (χ0n) is 26.3. The summed E-state index contributed by atoms with van der Waals surface area (Å²) in [5, 5.41) is 10.7. The molecule has 0 radical (unpaired) electrons. The van der Waals surface area contributed by atoms with Gasteiger partial charge in [-0.15, -0.1) is 0 Å². The highest BCUT2D eigenvalue weighted by Crippen LogP contribution is 2.46. The van der Waals surface area contributed by atoms with Crippen molar-refractivity contribution >= 4 is 11.6 Å². The first-order chi connectivity index (χ1) is 22.4. The van der Waals surface area contributed by atoms with Crippen LogP contribution in [0.15, 0.2) is 97.1 Å². The lowest BCUT2D eigenvalue weighted by molar-refractivity contribution is -0.953. The van der Waals surface area contributed by atoms with Crippen molar-refractivity contribution in [2.45, 2.75) is 38.1 Å². The van der Waals surface area contributed by atoms with E-state index >= 15 is 0 Å². The van der Waals surface area contributed by atoms with Crippen LogP contribution in [0, 0.1) is 17.6 Å². The van der Waals surface area contributed by atoms with Gasteiger partial charge in [0.15, 0.2) is 0 Å². The molecular formula is C38H40BrF2N3O3. The number of rotatable bonds is 11. The lowest BCUT2D eigenvalue weighted by Crippen LogP contribution is -3.00. The van der Waals surface area contributed by atoms with Crippen LogP contribution in [0.25, 0.3) is 0 Å². The van der Waals surface area contributed by atoms with E-state index in [-0.39, 0.29) is 46.5 Å². The van der Waals surface area contributed by atoms with Gasteiger partial charge in [0.2, 0.25) is 5.91 Å². The van der Waals surface area contributed by atoms with Crippen molar-refractivity contribution in [3.63, 3.8) is 0 Å². The number of halogens is 3. The van der Waals surface area contributed by atoms with Crippen LogP contribution >= 0.6 is 0 Å². The maximum atomic E-state index is 13.7. The molecule has 4 aromatic rings. The predicted octanol–water partition coefficient (Wildman–Crippen LogP) is 3.41. The fourth-order valence-electron chi connectivity index (χ4n) is 7.39. The molecule has 4 heterocycles. The van der Waals surface area contributed by atoms with Crippen LogP contribution in [-0.2, 0) is 17.9 Å². The fraction of sp³-hybridized carbons (Fsp3) is 0.342. The molecule has 6 nitrogen and oxygen atoms in total. The van der Waals surface area contributed by atoms with Gasteiger partial charge in [0.1, 0.15) is 30.5 Å². The Morgan fingerprint density at radius 1 is 0.830 bits per heavy atom. The molecule has 2 bridgehead atoms. The number of anilines is 1. The molecule has 3 atom stereocenters. The molecule has 0 aliphatic carbocycles. The van der Waals surface area contributed by atoms with E-state index in [4.69, 9.17) is 4.74 Å². The number of ether oxygens (including phenoxy) is 1. The third-order valence-corrected chi connectivity index (χ3v) is 10.1. The molecular weight excluding hydrogens is 664 g/mol. The molecule has 1 amide bonds. The molecule has 8 rings (SSSR count). The van der Waals surface area contributed by atoms with E-state index in [1.54, 1.807) is 29.2 Å². The number of piperazine rings is 3. The zero-order valence-corrected chi connectivity index (χ0v) is 27.9. The Kier molecular flexibility index (Phi) is 10.1. The molecule has 9 heteroatoms. The van der Waals surface area contributed by atoms with E-state index < -0.39 is 6.10 Å². The number of β-lactam (4-membered cyclic amide) rings is 1. The molecule has 0 saturated carbocycles. The van der Waals surface area contributed by atoms with Gasteiger partial charge in [-0.3, -0.25) is 9.69 Å². The minimum absolute atomic E-state index is 0. The maximum absolute atomic E-state index is 13.7. The molecule has 246 valence electrons. The van der Waals surface area contributed by atoms with Gasteiger partial charge >= 0.3 is 0 Å². The standard InChI is InChI=1S/C38H40F2N3O3.BrH/c39-31-8-4-29(5-9-31)36(44)17-16-35-37(42(38(35)45)33-12-10-32(40)11-13-33)30-6-14-34(15-7-30)46-26-28-3-1-2-27(24-28)25-43-21-18-41(19-22-43)20-23-43;/h1-15,24,35-37,44H,16-23,25-26H2;1H/q+1;/p-1. The Morgan fingerprint density at radius 3 is 2.11 bits per heavy atom. The van der Waals surface area contributed by atoms with E-state index in [0.29, 0.717) is 30.7 Å². The molecule has 3 unspecified atom stereocenters. The quantitative estimate of drug-likeness (QED) is 0.192. The second-order valence-corrected chi connectivity index (χ2v) is 13.1. The predicted molar refractivity (Wildman–Crippen MR) is 173 cm³/mol.